The number of furan rings is 1. The number of rotatable bonds is 4. The van der Waals surface area contributed by atoms with Crippen LogP contribution in [0.25, 0.3) is 109 Å². The largest absolute Gasteiger partial charge is 0.455 e. The maximum Gasteiger partial charge on any atom is 0.160 e. The zero-order valence-corrected chi connectivity index (χ0v) is 28.6. The van der Waals surface area contributed by atoms with Gasteiger partial charge in [0, 0.05) is 69.4 Å². The molecule has 7 aromatic carbocycles. The Kier molecular flexibility index (Phi) is 6.39. The quantitative estimate of drug-likeness (QED) is 0.174. The summed E-state index contributed by atoms with van der Waals surface area (Å²) < 4.78 is 8.97. The van der Waals surface area contributed by atoms with Crippen molar-refractivity contribution in [2.24, 2.45) is 0 Å². The lowest BCUT2D eigenvalue weighted by molar-refractivity contribution is 0.670. The fourth-order valence-corrected chi connectivity index (χ4v) is 8.89. The first-order valence-electron chi connectivity index (χ1n) is 17.4. The molecule has 0 aliphatic carbocycles. The molecule has 0 amide bonds. The third kappa shape index (κ3) is 4.50. The molecule has 0 spiro atoms. The lowest BCUT2D eigenvalue weighted by Crippen LogP contribution is -1.96. The zero-order valence-electron chi connectivity index (χ0n) is 27.7. The first kappa shape index (κ1) is 29.1. The third-order valence-corrected chi connectivity index (χ3v) is 11.3. The van der Waals surface area contributed by atoms with E-state index in [9.17, 15) is 0 Å². The van der Waals surface area contributed by atoms with E-state index < -0.39 is 0 Å². The van der Waals surface area contributed by atoms with E-state index in [-0.39, 0.29) is 0 Å². The molecule has 4 nitrogen and oxygen atoms in total. The number of pyridine rings is 1. The molecule has 0 saturated heterocycles. The Morgan fingerprint density at radius 3 is 2.02 bits per heavy atom. The minimum absolute atomic E-state index is 0.676. The van der Waals surface area contributed by atoms with Gasteiger partial charge in [0.2, 0.25) is 0 Å². The molecule has 52 heavy (non-hydrogen) atoms. The number of fused-ring (bicyclic) bond motifs is 10. The normalized spacial score (nSPS) is 11.8. The van der Waals surface area contributed by atoms with Crippen molar-refractivity contribution in [3.05, 3.63) is 164 Å². The molecule has 4 heterocycles. The van der Waals surface area contributed by atoms with E-state index in [1.54, 1.807) is 0 Å². The molecule has 0 aliphatic heterocycles. The highest BCUT2D eigenvalue weighted by atomic mass is 32.1. The van der Waals surface area contributed by atoms with Crippen molar-refractivity contribution in [3.63, 3.8) is 0 Å². The van der Waals surface area contributed by atoms with Crippen LogP contribution in [-0.2, 0) is 0 Å². The minimum Gasteiger partial charge on any atom is -0.455 e. The molecule has 0 bridgehead atoms. The number of aromatic nitrogens is 3. The van der Waals surface area contributed by atoms with Crippen molar-refractivity contribution in [2.45, 2.75) is 0 Å². The van der Waals surface area contributed by atoms with Gasteiger partial charge in [-0.2, -0.15) is 0 Å². The van der Waals surface area contributed by atoms with Gasteiger partial charge in [0.15, 0.2) is 5.82 Å². The highest BCUT2D eigenvalue weighted by Gasteiger charge is 2.19. The van der Waals surface area contributed by atoms with Crippen LogP contribution in [-0.4, -0.2) is 15.0 Å². The minimum atomic E-state index is 0.676. The van der Waals surface area contributed by atoms with Crippen LogP contribution < -0.4 is 0 Å². The number of thiophene rings is 1. The van der Waals surface area contributed by atoms with Gasteiger partial charge in [-0.15, -0.1) is 11.3 Å². The number of hydrogen-bond acceptors (Lipinski definition) is 5. The molecule has 4 aromatic heterocycles. The Bertz CT molecular complexity index is 3180. The van der Waals surface area contributed by atoms with E-state index in [0.717, 1.165) is 72.2 Å². The second kappa shape index (κ2) is 11.4. The van der Waals surface area contributed by atoms with Gasteiger partial charge >= 0.3 is 0 Å². The van der Waals surface area contributed by atoms with E-state index in [4.69, 9.17) is 19.4 Å². The zero-order chi connectivity index (χ0) is 34.2. The summed E-state index contributed by atoms with van der Waals surface area (Å²) in [6.07, 6.45) is 0. The Hall–Kier alpha value is -6.69. The molecule has 0 N–H and O–H groups in total. The summed E-state index contributed by atoms with van der Waals surface area (Å²) in [5.41, 5.74) is 9.45. The maximum absolute atomic E-state index is 6.46. The van der Waals surface area contributed by atoms with E-state index >= 15 is 0 Å². The number of benzene rings is 7. The Labute approximate surface area is 302 Å². The van der Waals surface area contributed by atoms with Crippen LogP contribution >= 0.6 is 11.3 Å². The summed E-state index contributed by atoms with van der Waals surface area (Å²) >= 11 is 1.84. The summed E-state index contributed by atoms with van der Waals surface area (Å²) in [4.78, 5) is 15.5. The maximum atomic E-state index is 6.46. The van der Waals surface area contributed by atoms with Gasteiger partial charge < -0.3 is 4.42 Å². The molecule has 0 saturated carbocycles. The number of hydrogen-bond donors (Lipinski definition) is 0. The Balaban J connectivity index is 1.14. The lowest BCUT2D eigenvalue weighted by atomic mass is 9.97. The van der Waals surface area contributed by atoms with E-state index in [2.05, 4.69) is 133 Å². The molecule has 0 unspecified atom stereocenters. The van der Waals surface area contributed by atoms with Crippen molar-refractivity contribution in [1.29, 1.82) is 0 Å². The van der Waals surface area contributed by atoms with Crippen molar-refractivity contribution in [3.8, 4) is 45.2 Å². The Morgan fingerprint density at radius 1 is 0.442 bits per heavy atom. The number of nitrogens with zero attached hydrogens (tertiary/aromatic N) is 3. The fourth-order valence-electron chi connectivity index (χ4n) is 7.64. The van der Waals surface area contributed by atoms with Crippen molar-refractivity contribution >= 4 is 75.1 Å². The first-order chi connectivity index (χ1) is 25.8. The second-order valence-corrected chi connectivity index (χ2v) is 14.2. The molecular formula is C47H27N3OS. The summed E-state index contributed by atoms with van der Waals surface area (Å²) in [7, 11) is 0. The van der Waals surface area contributed by atoms with Gasteiger partial charge in [-0.1, -0.05) is 127 Å². The van der Waals surface area contributed by atoms with Gasteiger partial charge in [-0.25, -0.2) is 15.0 Å². The first-order valence-corrected chi connectivity index (χ1v) is 18.2. The van der Waals surface area contributed by atoms with Crippen LogP contribution in [0, 0.1) is 0 Å². The van der Waals surface area contributed by atoms with Crippen LogP contribution in [0.3, 0.4) is 0 Å². The fraction of sp³-hybridized carbons (Fsp3) is 0. The molecule has 11 rings (SSSR count). The summed E-state index contributed by atoms with van der Waals surface area (Å²) in [6.45, 7) is 0. The number of para-hydroxylation sites is 3. The average molecular weight is 682 g/mol. The van der Waals surface area contributed by atoms with E-state index in [1.807, 2.05) is 41.7 Å². The highest BCUT2D eigenvalue weighted by molar-refractivity contribution is 7.26. The van der Waals surface area contributed by atoms with Crippen LogP contribution in [0.15, 0.2) is 168 Å². The highest BCUT2D eigenvalue weighted by Crippen LogP contribution is 2.44. The van der Waals surface area contributed by atoms with Gasteiger partial charge in [-0.05, 0) is 36.4 Å². The van der Waals surface area contributed by atoms with Gasteiger partial charge in [0.05, 0.1) is 22.6 Å². The van der Waals surface area contributed by atoms with Crippen LogP contribution in [0.1, 0.15) is 0 Å². The molecule has 0 radical (unpaired) electrons. The predicted octanol–water partition coefficient (Wildman–Crippen LogP) is 13.1. The average Bonchev–Trinajstić information content (AvgIpc) is 3.79. The molecule has 11 aromatic rings. The van der Waals surface area contributed by atoms with E-state index in [0.29, 0.717) is 5.82 Å². The predicted molar refractivity (Wildman–Crippen MR) is 217 cm³/mol. The lowest BCUT2D eigenvalue weighted by Gasteiger charge is -2.11. The summed E-state index contributed by atoms with van der Waals surface area (Å²) in [5, 5.41) is 8.19. The van der Waals surface area contributed by atoms with Crippen LogP contribution in [0.5, 0.6) is 0 Å². The van der Waals surface area contributed by atoms with Gasteiger partial charge in [0.1, 0.15) is 11.2 Å². The second-order valence-electron chi connectivity index (χ2n) is 13.1. The molecule has 0 atom stereocenters. The van der Waals surface area contributed by atoms with Gasteiger partial charge in [-0.3, -0.25) is 0 Å². The van der Waals surface area contributed by atoms with E-state index in [1.165, 1.54) is 30.9 Å². The van der Waals surface area contributed by atoms with Crippen LogP contribution in [0.4, 0.5) is 0 Å². The SMILES string of the molecule is c1ccc(-c2nc(-c3ccc4sc5c(ccc6c(-c7ccccc7)nc7ccccc7c65)c4c3)cc(-c3cccc4c3oc3ccccc34)n2)cc1. The molecule has 0 aliphatic rings. The summed E-state index contributed by atoms with van der Waals surface area (Å²) in [5.74, 6) is 0.676. The standard InChI is InChI=1S/C47H27N3OS/c1-3-12-28(13-4-1)44-36-24-23-33-37-26-30(22-25-42(37)52-46(33)43(36)34-17-7-9-20-38(34)48-44)39-27-40(50-47(49-39)29-14-5-2-6-15-29)35-19-11-18-32-31-16-8-10-21-41(31)51-45(32)35/h1-27H. The van der Waals surface area contributed by atoms with Crippen LogP contribution in [0.2, 0.25) is 0 Å². The third-order valence-electron chi connectivity index (χ3n) is 10.1. The van der Waals surface area contributed by atoms with Gasteiger partial charge in [0.25, 0.3) is 0 Å². The smallest absolute Gasteiger partial charge is 0.160 e. The summed E-state index contributed by atoms with van der Waals surface area (Å²) in [6, 6.07) is 57.0. The molecule has 5 heteroatoms. The Morgan fingerprint density at radius 2 is 1.15 bits per heavy atom. The topological polar surface area (TPSA) is 51.8 Å². The van der Waals surface area contributed by atoms with Crippen molar-refractivity contribution in [2.75, 3.05) is 0 Å². The van der Waals surface area contributed by atoms with Crippen molar-refractivity contribution < 1.29 is 4.42 Å². The van der Waals surface area contributed by atoms with Crippen molar-refractivity contribution in [1.82, 2.24) is 15.0 Å². The molecular weight excluding hydrogens is 655 g/mol. The molecule has 242 valence electrons. The molecule has 0 fully saturated rings. The monoisotopic (exact) mass is 681 g/mol.